The van der Waals surface area contributed by atoms with Crippen molar-refractivity contribution < 1.29 is 4.74 Å². The molecule has 17 heavy (non-hydrogen) atoms. The first-order valence-corrected chi connectivity index (χ1v) is 6.28. The fourth-order valence-corrected chi connectivity index (χ4v) is 1.85. The van der Waals surface area contributed by atoms with Crippen LogP contribution in [-0.2, 0) is 11.2 Å². The Morgan fingerprint density at radius 2 is 2.06 bits per heavy atom. The monoisotopic (exact) mass is 296 g/mol. The maximum atomic E-state index is 9.24. The number of benzene rings is 1. The molecule has 0 aliphatic rings. The lowest BCUT2D eigenvalue weighted by Gasteiger charge is -2.23. The summed E-state index contributed by atoms with van der Waals surface area (Å²) in [6.45, 7) is 3.19. The third-order valence-corrected chi connectivity index (χ3v) is 3.07. The maximum Gasteiger partial charge on any atom is 0.108 e. The number of nitrogens with zero attached hydrogens (tertiary/aromatic N) is 1. The van der Waals surface area contributed by atoms with Crippen molar-refractivity contribution in [2.45, 2.75) is 18.9 Å². The second-order valence-corrected chi connectivity index (χ2v) is 5.08. The van der Waals surface area contributed by atoms with Crippen LogP contribution in [0.3, 0.4) is 0 Å². The zero-order valence-electron chi connectivity index (χ0n) is 10.2. The van der Waals surface area contributed by atoms with Crippen LogP contribution in [0.4, 0.5) is 0 Å². The highest BCUT2D eigenvalue weighted by atomic mass is 79.9. The summed E-state index contributed by atoms with van der Waals surface area (Å²) in [5.41, 5.74) is 0.592. The quantitative estimate of drug-likeness (QED) is 0.821. The fraction of sp³-hybridized carbons (Fsp3) is 0.462. The highest BCUT2D eigenvalue weighted by Crippen LogP contribution is 2.16. The van der Waals surface area contributed by atoms with Gasteiger partial charge in [-0.05, 0) is 24.6 Å². The molecule has 0 amide bonds. The van der Waals surface area contributed by atoms with Crippen LogP contribution in [0.15, 0.2) is 28.7 Å². The molecule has 1 rings (SSSR count). The SMILES string of the molecule is COCCNC(C)(C#N)Cc1ccc(Br)cc1. The van der Waals surface area contributed by atoms with Crippen molar-refractivity contribution in [2.75, 3.05) is 20.3 Å². The van der Waals surface area contributed by atoms with Crippen molar-refractivity contribution in [1.82, 2.24) is 5.32 Å². The first-order valence-electron chi connectivity index (χ1n) is 5.49. The molecule has 0 bridgehead atoms. The predicted octanol–water partition coefficient (Wildman–Crippen LogP) is 2.51. The third-order valence-electron chi connectivity index (χ3n) is 2.54. The molecule has 0 saturated heterocycles. The Bertz CT molecular complexity index is 385. The summed E-state index contributed by atoms with van der Waals surface area (Å²) in [5.74, 6) is 0. The molecule has 1 atom stereocenters. The average molecular weight is 297 g/mol. The van der Waals surface area contributed by atoms with Crippen molar-refractivity contribution in [3.05, 3.63) is 34.3 Å². The Labute approximate surface area is 111 Å². The van der Waals surface area contributed by atoms with Crippen molar-refractivity contribution in [2.24, 2.45) is 0 Å². The van der Waals surface area contributed by atoms with Crippen LogP contribution in [0.1, 0.15) is 12.5 Å². The number of rotatable bonds is 6. The molecule has 0 aromatic heterocycles. The summed E-state index contributed by atoms with van der Waals surface area (Å²) in [6.07, 6.45) is 0.681. The summed E-state index contributed by atoms with van der Waals surface area (Å²) in [7, 11) is 1.65. The van der Waals surface area contributed by atoms with E-state index in [-0.39, 0.29) is 0 Å². The number of ether oxygens (including phenoxy) is 1. The van der Waals surface area contributed by atoms with Crippen molar-refractivity contribution >= 4 is 15.9 Å². The van der Waals surface area contributed by atoms with E-state index in [1.807, 2.05) is 31.2 Å². The molecule has 0 fully saturated rings. The van der Waals surface area contributed by atoms with Gasteiger partial charge in [-0.25, -0.2) is 0 Å². The van der Waals surface area contributed by atoms with Crippen LogP contribution in [0.5, 0.6) is 0 Å². The zero-order chi connectivity index (χ0) is 12.7. The van der Waals surface area contributed by atoms with E-state index in [1.165, 1.54) is 0 Å². The fourth-order valence-electron chi connectivity index (χ4n) is 1.58. The average Bonchev–Trinajstić information content (AvgIpc) is 2.33. The lowest BCUT2D eigenvalue weighted by atomic mass is 9.94. The molecule has 0 spiro atoms. The van der Waals surface area contributed by atoms with Gasteiger partial charge in [-0.15, -0.1) is 0 Å². The van der Waals surface area contributed by atoms with E-state index < -0.39 is 5.54 Å². The second kappa shape index (κ2) is 6.75. The van der Waals surface area contributed by atoms with Gasteiger partial charge in [0.15, 0.2) is 0 Å². The van der Waals surface area contributed by atoms with Crippen LogP contribution in [-0.4, -0.2) is 25.8 Å². The topological polar surface area (TPSA) is 45.0 Å². The Morgan fingerprint density at radius 3 is 2.59 bits per heavy atom. The first-order chi connectivity index (χ1) is 8.09. The van der Waals surface area contributed by atoms with E-state index in [0.29, 0.717) is 19.6 Å². The molecular formula is C13H17BrN2O. The number of hydrogen-bond acceptors (Lipinski definition) is 3. The molecule has 1 aromatic carbocycles. The Kier molecular flexibility index (Phi) is 5.63. The van der Waals surface area contributed by atoms with Gasteiger partial charge in [0.1, 0.15) is 5.54 Å². The molecule has 1 N–H and O–H groups in total. The summed E-state index contributed by atoms with van der Waals surface area (Å²) in [6, 6.07) is 10.3. The summed E-state index contributed by atoms with van der Waals surface area (Å²) in [4.78, 5) is 0. The minimum atomic E-state index is -0.549. The predicted molar refractivity (Wildman–Crippen MR) is 71.7 cm³/mol. The molecule has 3 nitrogen and oxygen atoms in total. The van der Waals surface area contributed by atoms with E-state index >= 15 is 0 Å². The van der Waals surface area contributed by atoms with E-state index in [2.05, 4.69) is 27.3 Å². The minimum Gasteiger partial charge on any atom is -0.383 e. The molecule has 0 radical (unpaired) electrons. The van der Waals surface area contributed by atoms with Gasteiger partial charge < -0.3 is 4.74 Å². The number of nitrogens with one attached hydrogen (secondary N) is 1. The largest absolute Gasteiger partial charge is 0.383 e. The van der Waals surface area contributed by atoms with E-state index in [9.17, 15) is 5.26 Å². The zero-order valence-corrected chi connectivity index (χ0v) is 11.8. The van der Waals surface area contributed by atoms with E-state index in [1.54, 1.807) is 7.11 Å². The number of hydrogen-bond donors (Lipinski definition) is 1. The Morgan fingerprint density at radius 1 is 1.41 bits per heavy atom. The maximum absolute atomic E-state index is 9.24. The summed E-state index contributed by atoms with van der Waals surface area (Å²) >= 11 is 3.40. The number of nitriles is 1. The van der Waals surface area contributed by atoms with Gasteiger partial charge in [0.25, 0.3) is 0 Å². The van der Waals surface area contributed by atoms with Gasteiger partial charge in [-0.2, -0.15) is 5.26 Å². The molecule has 1 aromatic rings. The van der Waals surface area contributed by atoms with Crippen LogP contribution < -0.4 is 5.32 Å². The Hall–Kier alpha value is -0.890. The lowest BCUT2D eigenvalue weighted by molar-refractivity contribution is 0.192. The second-order valence-electron chi connectivity index (χ2n) is 4.17. The van der Waals surface area contributed by atoms with Crippen molar-refractivity contribution in [3.8, 4) is 6.07 Å². The Balaban J connectivity index is 2.62. The number of halogens is 1. The van der Waals surface area contributed by atoms with Crippen molar-refractivity contribution in [3.63, 3.8) is 0 Å². The lowest BCUT2D eigenvalue weighted by Crippen LogP contribution is -2.44. The smallest absolute Gasteiger partial charge is 0.108 e. The standard InChI is InChI=1S/C13H17BrN2O/c1-13(10-15,16-7-8-17-2)9-11-3-5-12(14)6-4-11/h3-6,16H,7-9H2,1-2H3. The van der Waals surface area contributed by atoms with Gasteiger partial charge in [0.2, 0.25) is 0 Å². The minimum absolute atomic E-state index is 0.549. The van der Waals surface area contributed by atoms with Crippen LogP contribution in [0, 0.1) is 11.3 Å². The molecule has 0 heterocycles. The van der Waals surface area contributed by atoms with Gasteiger partial charge in [-0.3, -0.25) is 5.32 Å². The van der Waals surface area contributed by atoms with Gasteiger partial charge >= 0.3 is 0 Å². The summed E-state index contributed by atoms with van der Waals surface area (Å²) in [5, 5.41) is 12.4. The summed E-state index contributed by atoms with van der Waals surface area (Å²) < 4.78 is 6.02. The first kappa shape index (κ1) is 14.2. The molecule has 0 saturated carbocycles. The van der Waals surface area contributed by atoms with Gasteiger partial charge in [-0.1, -0.05) is 28.1 Å². The van der Waals surface area contributed by atoms with E-state index in [0.717, 1.165) is 10.0 Å². The van der Waals surface area contributed by atoms with Crippen LogP contribution in [0.2, 0.25) is 0 Å². The highest BCUT2D eigenvalue weighted by molar-refractivity contribution is 9.10. The van der Waals surface area contributed by atoms with Gasteiger partial charge in [0.05, 0.1) is 12.7 Å². The molecule has 0 aliphatic carbocycles. The molecule has 1 unspecified atom stereocenters. The molecule has 4 heteroatoms. The third kappa shape index (κ3) is 4.86. The molecule has 0 aliphatic heterocycles. The highest BCUT2D eigenvalue weighted by Gasteiger charge is 2.23. The van der Waals surface area contributed by atoms with Gasteiger partial charge in [0, 0.05) is 24.5 Å². The number of methoxy groups -OCH3 is 1. The molecule has 92 valence electrons. The molecular weight excluding hydrogens is 280 g/mol. The van der Waals surface area contributed by atoms with E-state index in [4.69, 9.17) is 4.74 Å². The van der Waals surface area contributed by atoms with Crippen LogP contribution in [0.25, 0.3) is 0 Å². The normalized spacial score (nSPS) is 14.0. The van der Waals surface area contributed by atoms with Crippen molar-refractivity contribution in [1.29, 1.82) is 5.26 Å². The van der Waals surface area contributed by atoms with Crippen LogP contribution >= 0.6 is 15.9 Å².